The van der Waals surface area contributed by atoms with E-state index in [1.165, 1.54) is 0 Å². The summed E-state index contributed by atoms with van der Waals surface area (Å²) in [6.45, 7) is -25.5. The predicted molar refractivity (Wildman–Crippen MR) is 454 cm³/mol. The molecule has 66 nitrogen and oxygen atoms in total. The molecule has 0 spiro atoms. The van der Waals surface area contributed by atoms with E-state index in [-0.39, 0.29) is 0 Å². The van der Waals surface area contributed by atoms with Crippen LogP contribution in [0.4, 0.5) is 0 Å². The SMILES string of the molecule is O=C(CNC(=O)c1cc(C(=O)NCC(=O)NC(CO[C@@H]2O[C@H](CO)[C@@H](O)[C@H](O)[C@H]2O)(CO[C@@H]2O[C@H](CO)[C@@H](O)[C@H](O)[C@H]2O)CO[C@@H]2O[C@H](CO)[C@@H](O)[C@H](O)[C@H]2O)cc(C(=O)NCC(=O)NC(CO[C@@H]2O[C@H](CO)[C@@H](O)[C@H](O)[C@H]2O)(CO[C@@H]2O[C@H](CO)[C@@H](O)[C@H](O)[C@H]2O)CO[C@@H]2O[C@H](CO)C(O)[C@H](O)[C@H]2O)c1)NC(CO[C@@H]1O[C@H](CO)[C@@H](O)[C@H](O)[C@H]1O)(CO[C@@H]1O[C@H](CO)[C@@H](O)[C@H](O)[C@H]1O)CO[C@@H]1O[C@H](CO)[C@@H](O)[C@H](O)[C@H]1O. The monoisotopic (exact) mass is 2150 g/mol. The Morgan fingerprint density at radius 1 is 0.197 bits per heavy atom. The van der Waals surface area contributed by atoms with E-state index in [2.05, 4.69) is 31.9 Å². The van der Waals surface area contributed by atoms with Crippen LogP contribution in [0.15, 0.2) is 18.2 Å². The highest BCUT2D eigenvalue weighted by Crippen LogP contribution is 2.35. The lowest BCUT2D eigenvalue weighted by molar-refractivity contribution is -0.324. The second-order valence-electron chi connectivity index (χ2n) is 36.4. The first-order chi connectivity index (χ1) is 69.5. The number of ether oxygens (including phenoxy) is 18. The van der Waals surface area contributed by atoms with Gasteiger partial charge in [0.25, 0.3) is 17.7 Å². The zero-order valence-electron chi connectivity index (χ0n) is 77.5. The largest absolute Gasteiger partial charge is 0.394 e. The van der Waals surface area contributed by atoms with Crippen LogP contribution in [0.2, 0.25) is 0 Å². The Balaban J connectivity index is 1.03. The van der Waals surface area contributed by atoms with Crippen LogP contribution in [0.1, 0.15) is 31.1 Å². The maximum absolute atomic E-state index is 15.0. The van der Waals surface area contributed by atoms with E-state index in [0.29, 0.717) is 18.2 Å². The molecule has 147 heavy (non-hydrogen) atoms. The molecule has 9 aliphatic heterocycles. The second-order valence-corrected chi connectivity index (χ2v) is 36.4. The minimum absolute atomic E-state index is 0.626. The Hall–Kier alpha value is -6.12. The van der Waals surface area contributed by atoms with Crippen molar-refractivity contribution in [3.05, 3.63) is 34.9 Å². The number of aliphatic hydroxyl groups excluding tert-OH is 36. The van der Waals surface area contributed by atoms with Crippen molar-refractivity contribution in [2.24, 2.45) is 0 Å². The van der Waals surface area contributed by atoms with Gasteiger partial charge in [-0.15, -0.1) is 0 Å². The fourth-order valence-corrected chi connectivity index (χ4v) is 16.5. The van der Waals surface area contributed by atoms with Crippen LogP contribution < -0.4 is 31.9 Å². The topological polar surface area (TPSA) is 1070 Å². The highest BCUT2D eigenvalue weighted by Gasteiger charge is 2.57. The minimum atomic E-state index is -2.67. The Bertz CT molecular complexity index is 3540. The highest BCUT2D eigenvalue weighted by molar-refractivity contribution is 6.06. The molecule has 0 radical (unpaired) electrons. The molecule has 10 rings (SSSR count). The molecule has 9 aliphatic rings. The van der Waals surface area contributed by atoms with Crippen molar-refractivity contribution < 1.29 is 298 Å². The van der Waals surface area contributed by atoms with Gasteiger partial charge in [0.05, 0.1) is 139 Å². The first-order valence-corrected chi connectivity index (χ1v) is 45.7. The molecule has 0 aromatic heterocycles. The van der Waals surface area contributed by atoms with Crippen molar-refractivity contribution in [3.8, 4) is 0 Å². The van der Waals surface area contributed by atoms with Gasteiger partial charge in [0.2, 0.25) is 17.7 Å². The Morgan fingerprint density at radius 2 is 0.313 bits per heavy atom. The number of rotatable bonds is 48. The van der Waals surface area contributed by atoms with Gasteiger partial charge in [0.1, 0.15) is 236 Å². The van der Waals surface area contributed by atoms with Crippen LogP contribution in [0.25, 0.3) is 0 Å². The van der Waals surface area contributed by atoms with Gasteiger partial charge < -0.3 is 301 Å². The van der Waals surface area contributed by atoms with Gasteiger partial charge in [-0.05, 0) is 18.2 Å². The molecule has 1 unspecified atom stereocenters. The zero-order valence-corrected chi connectivity index (χ0v) is 77.5. The molecule has 0 bridgehead atoms. The van der Waals surface area contributed by atoms with Crippen molar-refractivity contribution in [2.45, 2.75) is 293 Å². The zero-order chi connectivity index (χ0) is 109. The molecule has 66 heteroatoms. The number of benzene rings is 1. The molecule has 1 aromatic carbocycles. The number of hydrogen-bond donors (Lipinski definition) is 42. The normalized spacial score (nSPS) is 40.4. The third-order valence-corrected chi connectivity index (χ3v) is 25.5. The first-order valence-electron chi connectivity index (χ1n) is 45.7. The summed E-state index contributed by atoms with van der Waals surface area (Å²) in [4.78, 5) is 89.8. The van der Waals surface area contributed by atoms with E-state index < -0.39 is 484 Å². The minimum Gasteiger partial charge on any atom is -0.394 e. The van der Waals surface area contributed by atoms with Crippen LogP contribution in [0.5, 0.6) is 0 Å². The summed E-state index contributed by atoms with van der Waals surface area (Å²) < 4.78 is 102. The van der Waals surface area contributed by atoms with Gasteiger partial charge >= 0.3 is 0 Å². The van der Waals surface area contributed by atoms with E-state index in [9.17, 15) is 198 Å². The summed E-state index contributed by atoms with van der Waals surface area (Å²) >= 11 is 0. The summed E-state index contributed by atoms with van der Waals surface area (Å²) in [6.07, 6.45) is -94.0. The lowest BCUT2D eigenvalue weighted by Gasteiger charge is -2.44. The number of amides is 6. The van der Waals surface area contributed by atoms with E-state index in [0.717, 1.165) is 0 Å². The maximum Gasteiger partial charge on any atom is 0.251 e. The molecule has 846 valence electrons. The standard InChI is InChI=1S/C81H132N6O60/c88-7-28-40(100)49(109)58(118)70(139-28)130-16-79(17-131-71-59(119)50(110)41(101)29(8-89)140-71,18-132-72-60(120)51(111)42(102)30(9-90)141-72)85-37(97)4-82-67(127)25-1-26(68(128)83-5-38(98)86-80(19-133-73-61(121)52(112)43(103)31(10-91)142-73,20-134-74-62(122)53(113)44(104)32(11-92)143-74)21-135-75-63(123)54(114)45(105)33(12-93)144-75)3-27(2-25)69(129)84-6-39(99)87-81(22-136-76-64(124)55(115)46(106)34(13-94)145-76,23-137-77-65(125)56(116)47(107)35(14-95)146-77)24-138-78-66(126)57(117)48(108)36(15-96)147-78/h1-3,28-36,40-66,70-78,88-96,100-126H,4-24H2,(H,82,127)(H,83,128)(H,84,129)(H,85,97)(H,86,98)(H,87,99)/t28-,29-,30-,31-,32-,33-,34-,35-,36-,40-,41-,42-,43-,44-,45-,46-,47-,48?,49+,50+,51+,52+,53+,54+,55+,56+,57+,58-,59-,60-,61-,62-,63-,64-,65-,66-,70-,71-,72-,73-,74-,75-,76-,77-,78-/m1/s1. The molecule has 1 aromatic rings. The second kappa shape index (κ2) is 54.8. The predicted octanol–water partition coefficient (Wildman–Crippen LogP) is -28.2. The molecule has 42 N–H and O–H groups in total. The molecule has 6 amide bonds. The van der Waals surface area contributed by atoms with Crippen LogP contribution in [0, 0.1) is 0 Å². The van der Waals surface area contributed by atoms with Gasteiger partial charge in [-0.2, -0.15) is 0 Å². The molecule has 45 atom stereocenters. The molecular weight excluding hydrogens is 2020 g/mol. The van der Waals surface area contributed by atoms with E-state index in [4.69, 9.17) is 85.3 Å². The Morgan fingerprint density at radius 3 is 0.422 bits per heavy atom. The third-order valence-electron chi connectivity index (χ3n) is 25.5. The van der Waals surface area contributed by atoms with Crippen molar-refractivity contribution >= 4 is 35.4 Å². The van der Waals surface area contributed by atoms with Gasteiger partial charge in [0, 0.05) is 16.7 Å². The Labute approximate surface area is 829 Å². The van der Waals surface area contributed by atoms with Crippen molar-refractivity contribution in [2.75, 3.05) is 139 Å². The molecule has 0 saturated carbocycles. The lowest BCUT2D eigenvalue weighted by Crippen LogP contribution is -2.66. The van der Waals surface area contributed by atoms with Crippen molar-refractivity contribution in [1.29, 1.82) is 0 Å². The third kappa shape index (κ3) is 29.6. The average Bonchev–Trinajstić information content (AvgIpc) is 0.790. The molecular formula is C81H132N6O60. The Kier molecular flexibility index (Phi) is 45.7. The molecule has 9 fully saturated rings. The van der Waals surface area contributed by atoms with E-state index >= 15 is 14.4 Å². The fourth-order valence-electron chi connectivity index (χ4n) is 16.5. The lowest BCUT2D eigenvalue weighted by atomic mass is 9.98. The highest BCUT2D eigenvalue weighted by atomic mass is 16.8. The van der Waals surface area contributed by atoms with Crippen LogP contribution >= 0.6 is 0 Å². The summed E-state index contributed by atoms with van der Waals surface area (Å²) in [5.41, 5.74) is -10.8. The fraction of sp³-hybridized carbons (Fsp3) is 0.852. The van der Waals surface area contributed by atoms with Crippen LogP contribution in [0.3, 0.4) is 0 Å². The maximum atomic E-state index is 15.0. The smallest absolute Gasteiger partial charge is 0.251 e. The number of aliphatic hydroxyl groups is 36. The summed E-state index contributed by atoms with van der Waals surface area (Å²) in [5.74, 6) is -9.19. The van der Waals surface area contributed by atoms with Gasteiger partial charge in [-0.25, -0.2) is 0 Å². The van der Waals surface area contributed by atoms with E-state index in [1.54, 1.807) is 0 Å². The number of nitrogens with one attached hydrogen (secondary N) is 6. The summed E-state index contributed by atoms with van der Waals surface area (Å²) in [5, 5.41) is 398. The quantitative estimate of drug-likeness (QED) is 0.0288. The number of carbonyl (C=O) groups is 6. The molecule has 9 saturated heterocycles. The van der Waals surface area contributed by atoms with E-state index in [1.807, 2.05) is 0 Å². The first kappa shape index (κ1) is 123. The van der Waals surface area contributed by atoms with Crippen molar-refractivity contribution in [3.63, 3.8) is 0 Å². The summed E-state index contributed by atoms with van der Waals surface area (Å²) in [7, 11) is 0. The van der Waals surface area contributed by atoms with Crippen molar-refractivity contribution in [1.82, 2.24) is 31.9 Å². The van der Waals surface area contributed by atoms with Crippen LogP contribution in [-0.4, -0.2) is 651 Å². The number of hydrogen-bond acceptors (Lipinski definition) is 60. The molecule has 0 aliphatic carbocycles. The van der Waals surface area contributed by atoms with Crippen LogP contribution in [-0.2, 0) is 99.6 Å². The molecule has 9 heterocycles. The van der Waals surface area contributed by atoms with Gasteiger partial charge in [0.15, 0.2) is 56.6 Å². The van der Waals surface area contributed by atoms with Gasteiger partial charge in [-0.1, -0.05) is 0 Å². The number of carbonyl (C=O) groups excluding carboxylic acids is 6. The summed E-state index contributed by atoms with van der Waals surface area (Å²) in [6, 6.07) is 1.88. The average molecular weight is 2150 g/mol. The van der Waals surface area contributed by atoms with Gasteiger partial charge in [-0.3, -0.25) is 28.8 Å².